The summed E-state index contributed by atoms with van der Waals surface area (Å²) in [5.41, 5.74) is 5.80. The average molecular weight is 323 g/mol. The molecule has 124 valence electrons. The van der Waals surface area contributed by atoms with Gasteiger partial charge in [0.05, 0.1) is 6.04 Å². The first-order valence-electron chi connectivity index (χ1n) is 7.36. The Morgan fingerprint density at radius 3 is 2.65 bits per heavy atom. The molecule has 7 heteroatoms. The maximum absolute atomic E-state index is 13.5. The van der Waals surface area contributed by atoms with Crippen LogP contribution in [-0.4, -0.2) is 10.9 Å². The van der Waals surface area contributed by atoms with E-state index in [0.717, 1.165) is 18.6 Å². The summed E-state index contributed by atoms with van der Waals surface area (Å²) in [6, 6.07) is 3.11. The van der Waals surface area contributed by atoms with Gasteiger partial charge in [-0.25, -0.2) is 13.8 Å². The number of carbonyl (C=O) groups is 1. The molecule has 0 saturated carbocycles. The minimum atomic E-state index is -0.718. The Kier molecular flexibility index (Phi) is 5.44. The highest BCUT2D eigenvalue weighted by Crippen LogP contribution is 2.21. The van der Waals surface area contributed by atoms with E-state index in [0.29, 0.717) is 0 Å². The zero-order chi connectivity index (χ0) is 17.0. The van der Waals surface area contributed by atoms with E-state index in [9.17, 15) is 13.6 Å². The van der Waals surface area contributed by atoms with Crippen LogP contribution in [0.25, 0.3) is 0 Å². The van der Waals surface area contributed by atoms with E-state index < -0.39 is 23.6 Å². The van der Waals surface area contributed by atoms with Gasteiger partial charge in [-0.1, -0.05) is 26.3 Å². The van der Waals surface area contributed by atoms with Gasteiger partial charge in [-0.3, -0.25) is 4.79 Å². The first kappa shape index (κ1) is 17.1. The lowest BCUT2D eigenvalue weighted by Gasteiger charge is -2.13. The van der Waals surface area contributed by atoms with Gasteiger partial charge in [0.2, 0.25) is 5.89 Å². The van der Waals surface area contributed by atoms with Gasteiger partial charge >= 0.3 is 0 Å². The molecule has 1 heterocycles. The second-order valence-electron chi connectivity index (χ2n) is 5.37. The molecule has 2 aromatic rings. The van der Waals surface area contributed by atoms with Crippen molar-refractivity contribution in [1.82, 2.24) is 10.3 Å². The molecule has 0 aliphatic rings. The molecule has 3 N–H and O–H groups in total. The van der Waals surface area contributed by atoms with Crippen molar-refractivity contribution in [2.75, 3.05) is 0 Å². The summed E-state index contributed by atoms with van der Waals surface area (Å²) >= 11 is 0. The van der Waals surface area contributed by atoms with Gasteiger partial charge in [-0.05, 0) is 18.1 Å². The third-order valence-corrected chi connectivity index (χ3v) is 3.78. The number of halogens is 2. The van der Waals surface area contributed by atoms with Crippen LogP contribution in [0.4, 0.5) is 8.78 Å². The van der Waals surface area contributed by atoms with Gasteiger partial charge in [0.25, 0.3) is 5.91 Å². The quantitative estimate of drug-likeness (QED) is 0.856. The number of hydrogen-bond acceptors (Lipinski definition) is 4. The van der Waals surface area contributed by atoms with Crippen LogP contribution in [-0.2, 0) is 6.54 Å². The second kappa shape index (κ2) is 7.32. The summed E-state index contributed by atoms with van der Waals surface area (Å²) in [5.74, 6) is -1.60. The third-order valence-electron chi connectivity index (χ3n) is 3.78. The fraction of sp³-hybridized carbons (Fsp3) is 0.375. The number of amides is 1. The van der Waals surface area contributed by atoms with Crippen molar-refractivity contribution in [3.05, 3.63) is 53.2 Å². The van der Waals surface area contributed by atoms with E-state index in [4.69, 9.17) is 10.2 Å². The van der Waals surface area contributed by atoms with E-state index in [2.05, 4.69) is 10.3 Å². The van der Waals surface area contributed by atoms with E-state index >= 15 is 0 Å². The molecule has 23 heavy (non-hydrogen) atoms. The van der Waals surface area contributed by atoms with E-state index in [1.807, 2.05) is 13.8 Å². The number of aromatic nitrogens is 1. The Bertz CT molecular complexity index is 667. The summed E-state index contributed by atoms with van der Waals surface area (Å²) in [4.78, 5) is 16.0. The SMILES string of the molecule is CCC(C)C(N)c1nc(C(=O)NCc2c(F)cccc2F)co1. The monoisotopic (exact) mass is 323 g/mol. The summed E-state index contributed by atoms with van der Waals surface area (Å²) in [7, 11) is 0. The topological polar surface area (TPSA) is 81.1 Å². The van der Waals surface area contributed by atoms with Gasteiger partial charge in [0, 0.05) is 12.1 Å². The first-order chi connectivity index (χ1) is 10.9. The Morgan fingerprint density at radius 1 is 1.39 bits per heavy atom. The van der Waals surface area contributed by atoms with Crippen molar-refractivity contribution < 1.29 is 18.0 Å². The number of benzene rings is 1. The van der Waals surface area contributed by atoms with Crippen LogP contribution in [0.15, 0.2) is 28.9 Å². The summed E-state index contributed by atoms with van der Waals surface area (Å²) < 4.78 is 32.2. The molecule has 2 rings (SSSR count). The van der Waals surface area contributed by atoms with Crippen molar-refractivity contribution in [3.8, 4) is 0 Å². The number of nitrogens with two attached hydrogens (primary N) is 1. The van der Waals surface area contributed by atoms with Crippen LogP contribution < -0.4 is 11.1 Å². The van der Waals surface area contributed by atoms with E-state index in [1.54, 1.807) is 0 Å². The summed E-state index contributed by atoms with van der Waals surface area (Å²) in [6.07, 6.45) is 2.03. The maximum Gasteiger partial charge on any atom is 0.273 e. The van der Waals surface area contributed by atoms with Crippen molar-refractivity contribution in [1.29, 1.82) is 0 Å². The van der Waals surface area contributed by atoms with Gasteiger partial charge < -0.3 is 15.5 Å². The molecular formula is C16H19F2N3O2. The average Bonchev–Trinajstić information content (AvgIpc) is 3.02. The molecule has 5 nitrogen and oxygen atoms in total. The summed E-state index contributed by atoms with van der Waals surface area (Å²) in [6.45, 7) is 3.66. The first-order valence-corrected chi connectivity index (χ1v) is 7.36. The molecule has 1 amide bonds. The van der Waals surface area contributed by atoms with Crippen LogP contribution in [0.3, 0.4) is 0 Å². The Morgan fingerprint density at radius 2 is 2.04 bits per heavy atom. The standard InChI is InChI=1S/C16H19F2N3O2/c1-3-9(2)14(19)16-21-13(8-23-16)15(22)20-7-10-11(17)5-4-6-12(10)18/h4-6,8-9,14H,3,7,19H2,1-2H3,(H,20,22). The normalized spacial score (nSPS) is 13.6. The maximum atomic E-state index is 13.5. The fourth-order valence-electron chi connectivity index (χ4n) is 2.00. The van der Waals surface area contributed by atoms with Crippen molar-refractivity contribution in [3.63, 3.8) is 0 Å². The molecule has 2 atom stereocenters. The van der Waals surface area contributed by atoms with E-state index in [-0.39, 0.29) is 29.6 Å². The third kappa shape index (κ3) is 3.92. The molecule has 1 aromatic carbocycles. The van der Waals surface area contributed by atoms with E-state index in [1.165, 1.54) is 12.3 Å². The largest absolute Gasteiger partial charge is 0.446 e. The van der Waals surface area contributed by atoms with Gasteiger partial charge in [-0.2, -0.15) is 0 Å². The van der Waals surface area contributed by atoms with Crippen LogP contribution in [0, 0.1) is 17.6 Å². The highest BCUT2D eigenvalue weighted by molar-refractivity contribution is 5.91. The molecule has 1 aromatic heterocycles. The van der Waals surface area contributed by atoms with Crippen molar-refractivity contribution >= 4 is 5.91 Å². The summed E-state index contributed by atoms with van der Waals surface area (Å²) in [5, 5.41) is 2.41. The van der Waals surface area contributed by atoms with Gasteiger partial charge in [0.15, 0.2) is 5.69 Å². The van der Waals surface area contributed by atoms with Gasteiger partial charge in [-0.15, -0.1) is 0 Å². The number of rotatable bonds is 6. The number of hydrogen-bond donors (Lipinski definition) is 2. The zero-order valence-corrected chi connectivity index (χ0v) is 13.0. The second-order valence-corrected chi connectivity index (χ2v) is 5.37. The molecule has 0 radical (unpaired) electrons. The fourth-order valence-corrected chi connectivity index (χ4v) is 2.00. The number of oxazole rings is 1. The molecule has 0 spiro atoms. The zero-order valence-electron chi connectivity index (χ0n) is 13.0. The molecule has 0 saturated heterocycles. The Labute approximate surface area is 132 Å². The molecule has 0 bridgehead atoms. The van der Waals surface area contributed by atoms with Gasteiger partial charge in [0.1, 0.15) is 17.9 Å². The lowest BCUT2D eigenvalue weighted by molar-refractivity contribution is 0.0945. The van der Waals surface area contributed by atoms with Crippen LogP contribution in [0.5, 0.6) is 0 Å². The van der Waals surface area contributed by atoms with Crippen molar-refractivity contribution in [2.45, 2.75) is 32.9 Å². The predicted molar refractivity (Wildman–Crippen MR) is 80.4 cm³/mol. The molecule has 0 aliphatic carbocycles. The number of carbonyl (C=O) groups excluding carboxylic acids is 1. The lowest BCUT2D eigenvalue weighted by Crippen LogP contribution is -2.25. The highest BCUT2D eigenvalue weighted by Gasteiger charge is 2.21. The minimum absolute atomic E-state index is 0.0236. The minimum Gasteiger partial charge on any atom is -0.446 e. The predicted octanol–water partition coefficient (Wildman–Crippen LogP) is 2.93. The number of nitrogens with one attached hydrogen (secondary N) is 1. The molecule has 0 aliphatic heterocycles. The van der Waals surface area contributed by atoms with Crippen LogP contribution in [0.1, 0.15) is 48.3 Å². The Hall–Kier alpha value is -2.28. The lowest BCUT2D eigenvalue weighted by atomic mass is 10.0. The van der Waals surface area contributed by atoms with Crippen LogP contribution >= 0.6 is 0 Å². The molecular weight excluding hydrogens is 304 g/mol. The van der Waals surface area contributed by atoms with Crippen LogP contribution in [0.2, 0.25) is 0 Å². The molecule has 2 unspecified atom stereocenters. The molecule has 0 fully saturated rings. The van der Waals surface area contributed by atoms with Crippen molar-refractivity contribution in [2.24, 2.45) is 11.7 Å². The Balaban J connectivity index is 2.03. The number of nitrogens with zero attached hydrogens (tertiary/aromatic N) is 1. The highest BCUT2D eigenvalue weighted by atomic mass is 19.1. The smallest absolute Gasteiger partial charge is 0.273 e.